The van der Waals surface area contributed by atoms with Crippen LogP contribution in [0.1, 0.15) is 18.2 Å². The maximum atomic E-state index is 10.2. The highest BCUT2D eigenvalue weighted by Crippen LogP contribution is 2.30. The van der Waals surface area contributed by atoms with Gasteiger partial charge in [0.1, 0.15) is 6.10 Å². The Morgan fingerprint density at radius 3 is 2.70 bits per heavy atom. The minimum atomic E-state index is -0.952. The van der Waals surface area contributed by atoms with Crippen LogP contribution in [0, 0.1) is 0 Å². The molecule has 5 heteroatoms. The average molecular weight is 272 g/mol. The van der Waals surface area contributed by atoms with E-state index in [1.807, 2.05) is 30.3 Å². The van der Waals surface area contributed by atoms with Gasteiger partial charge in [-0.15, -0.1) is 0 Å². The van der Waals surface area contributed by atoms with Crippen molar-refractivity contribution in [1.29, 1.82) is 0 Å². The first-order valence-corrected chi connectivity index (χ1v) is 6.53. The van der Waals surface area contributed by atoms with Crippen LogP contribution >= 0.6 is 0 Å². The highest BCUT2D eigenvalue weighted by Gasteiger charge is 2.18. The van der Waals surface area contributed by atoms with Gasteiger partial charge in [-0.2, -0.15) is 0 Å². The number of aromatic amines is 1. The SMILES string of the molecule is OCC(O)CC(O)c1nccc2c1[nH]c1ccccc12. The number of hydrogen-bond donors (Lipinski definition) is 4. The van der Waals surface area contributed by atoms with E-state index in [0.29, 0.717) is 5.69 Å². The summed E-state index contributed by atoms with van der Waals surface area (Å²) in [5.41, 5.74) is 2.24. The van der Waals surface area contributed by atoms with Gasteiger partial charge in [-0.25, -0.2) is 0 Å². The molecule has 2 heterocycles. The molecule has 0 bridgehead atoms. The molecule has 0 aliphatic carbocycles. The number of pyridine rings is 1. The van der Waals surface area contributed by atoms with Crippen LogP contribution in [0.5, 0.6) is 0 Å². The van der Waals surface area contributed by atoms with E-state index in [4.69, 9.17) is 5.11 Å². The molecule has 0 spiro atoms. The van der Waals surface area contributed by atoms with Crippen molar-refractivity contribution in [3.05, 3.63) is 42.2 Å². The number of nitrogens with zero attached hydrogens (tertiary/aromatic N) is 1. The van der Waals surface area contributed by atoms with Crippen molar-refractivity contribution in [3.8, 4) is 0 Å². The molecule has 4 N–H and O–H groups in total. The zero-order valence-corrected chi connectivity index (χ0v) is 10.8. The minimum absolute atomic E-state index is 0.0536. The molecule has 5 nitrogen and oxygen atoms in total. The Hall–Kier alpha value is -1.95. The summed E-state index contributed by atoms with van der Waals surface area (Å²) in [5, 5.41) is 30.6. The second-order valence-corrected chi connectivity index (χ2v) is 4.88. The highest BCUT2D eigenvalue weighted by atomic mass is 16.3. The first-order chi connectivity index (χ1) is 9.70. The zero-order chi connectivity index (χ0) is 14.1. The number of hydrogen-bond acceptors (Lipinski definition) is 4. The van der Waals surface area contributed by atoms with Crippen LogP contribution in [-0.4, -0.2) is 38.0 Å². The Kier molecular flexibility index (Phi) is 3.40. The summed E-state index contributed by atoms with van der Waals surface area (Å²) in [6.07, 6.45) is -0.176. The predicted molar refractivity (Wildman–Crippen MR) is 76.3 cm³/mol. The Morgan fingerprint density at radius 1 is 1.10 bits per heavy atom. The van der Waals surface area contributed by atoms with Crippen LogP contribution in [0.4, 0.5) is 0 Å². The summed E-state index contributed by atoms with van der Waals surface area (Å²) in [6, 6.07) is 9.77. The fraction of sp³-hybridized carbons (Fsp3) is 0.267. The highest BCUT2D eigenvalue weighted by molar-refractivity contribution is 6.07. The van der Waals surface area contributed by atoms with E-state index in [1.54, 1.807) is 6.20 Å². The third kappa shape index (κ3) is 2.16. The van der Waals surface area contributed by atoms with Gasteiger partial charge in [-0.3, -0.25) is 4.98 Å². The number of aliphatic hydroxyl groups excluding tert-OH is 3. The molecule has 2 atom stereocenters. The van der Waals surface area contributed by atoms with Crippen LogP contribution in [-0.2, 0) is 0 Å². The Balaban J connectivity index is 2.11. The number of benzene rings is 1. The van der Waals surface area contributed by atoms with Crippen molar-refractivity contribution in [2.24, 2.45) is 0 Å². The van der Waals surface area contributed by atoms with Gasteiger partial charge < -0.3 is 20.3 Å². The normalized spacial score (nSPS) is 14.8. The first-order valence-electron chi connectivity index (χ1n) is 6.53. The molecule has 3 rings (SSSR count). The lowest BCUT2D eigenvalue weighted by molar-refractivity contribution is 0.0403. The van der Waals surface area contributed by atoms with Gasteiger partial charge in [0, 0.05) is 28.9 Å². The van der Waals surface area contributed by atoms with Crippen molar-refractivity contribution in [3.63, 3.8) is 0 Å². The van der Waals surface area contributed by atoms with Gasteiger partial charge in [-0.1, -0.05) is 18.2 Å². The predicted octanol–water partition coefficient (Wildman–Crippen LogP) is 1.49. The van der Waals surface area contributed by atoms with E-state index in [0.717, 1.165) is 21.8 Å². The molecule has 0 saturated heterocycles. The van der Waals surface area contributed by atoms with Gasteiger partial charge in [-0.05, 0) is 12.1 Å². The monoisotopic (exact) mass is 272 g/mol. The number of para-hydroxylation sites is 1. The maximum absolute atomic E-state index is 10.2. The van der Waals surface area contributed by atoms with Gasteiger partial charge in [0.25, 0.3) is 0 Å². The van der Waals surface area contributed by atoms with Gasteiger partial charge in [0.15, 0.2) is 0 Å². The molecule has 0 saturated carbocycles. The molecule has 0 aliphatic rings. The van der Waals surface area contributed by atoms with Crippen molar-refractivity contribution in [2.45, 2.75) is 18.6 Å². The smallest absolute Gasteiger partial charge is 0.101 e. The van der Waals surface area contributed by atoms with Crippen molar-refractivity contribution < 1.29 is 15.3 Å². The minimum Gasteiger partial charge on any atom is -0.394 e. The van der Waals surface area contributed by atoms with Crippen LogP contribution in [0.2, 0.25) is 0 Å². The molecule has 0 fully saturated rings. The summed E-state index contributed by atoms with van der Waals surface area (Å²) in [4.78, 5) is 7.47. The number of aliphatic hydroxyl groups is 3. The van der Waals surface area contributed by atoms with Crippen LogP contribution < -0.4 is 0 Å². The summed E-state index contributed by atoms with van der Waals surface area (Å²) < 4.78 is 0. The fourth-order valence-electron chi connectivity index (χ4n) is 2.49. The zero-order valence-electron chi connectivity index (χ0n) is 10.8. The lowest BCUT2D eigenvalue weighted by atomic mass is 10.1. The molecule has 2 unspecified atom stereocenters. The topological polar surface area (TPSA) is 89.4 Å². The Bertz CT molecular complexity index is 738. The Morgan fingerprint density at radius 2 is 1.90 bits per heavy atom. The number of nitrogens with one attached hydrogen (secondary N) is 1. The van der Waals surface area contributed by atoms with E-state index in [-0.39, 0.29) is 13.0 Å². The summed E-state index contributed by atoms with van der Waals surface area (Å²) in [6.45, 7) is -0.375. The molecule has 1 aromatic carbocycles. The third-order valence-electron chi connectivity index (χ3n) is 3.48. The second kappa shape index (κ2) is 5.20. The average Bonchev–Trinajstić information content (AvgIpc) is 2.85. The largest absolute Gasteiger partial charge is 0.394 e. The maximum Gasteiger partial charge on any atom is 0.101 e. The van der Waals surface area contributed by atoms with Gasteiger partial charge in [0.2, 0.25) is 0 Å². The molecular weight excluding hydrogens is 256 g/mol. The number of rotatable bonds is 4. The van der Waals surface area contributed by atoms with Gasteiger partial charge in [0.05, 0.1) is 23.9 Å². The molecule has 0 radical (unpaired) electrons. The van der Waals surface area contributed by atoms with E-state index in [9.17, 15) is 10.2 Å². The molecule has 20 heavy (non-hydrogen) atoms. The Labute approximate surface area is 115 Å². The second-order valence-electron chi connectivity index (χ2n) is 4.88. The number of fused-ring (bicyclic) bond motifs is 3. The molecular formula is C15H16N2O3. The van der Waals surface area contributed by atoms with Crippen LogP contribution in [0.15, 0.2) is 36.5 Å². The van der Waals surface area contributed by atoms with Crippen molar-refractivity contribution in [2.75, 3.05) is 6.61 Å². The molecule has 0 aliphatic heterocycles. The van der Waals surface area contributed by atoms with E-state index in [1.165, 1.54) is 0 Å². The summed E-state index contributed by atoms with van der Waals surface area (Å²) in [7, 11) is 0. The number of H-pyrrole nitrogens is 1. The fourth-order valence-corrected chi connectivity index (χ4v) is 2.49. The molecule has 104 valence electrons. The van der Waals surface area contributed by atoms with Gasteiger partial charge >= 0.3 is 0 Å². The van der Waals surface area contributed by atoms with E-state index >= 15 is 0 Å². The molecule has 3 aromatic rings. The lowest BCUT2D eigenvalue weighted by Crippen LogP contribution is -2.17. The molecule has 2 aromatic heterocycles. The lowest BCUT2D eigenvalue weighted by Gasteiger charge is -2.13. The van der Waals surface area contributed by atoms with E-state index < -0.39 is 12.2 Å². The quantitative estimate of drug-likeness (QED) is 0.579. The summed E-state index contributed by atoms with van der Waals surface area (Å²) in [5.74, 6) is 0. The van der Waals surface area contributed by atoms with Crippen molar-refractivity contribution >= 4 is 21.8 Å². The standard InChI is InChI=1S/C15H16N2O3/c18-8-9(19)7-13(20)15-14-11(5-6-16-15)10-3-1-2-4-12(10)17-14/h1-6,9,13,17-20H,7-8H2. The first kappa shape index (κ1) is 13.1. The molecule has 0 amide bonds. The summed E-state index contributed by atoms with van der Waals surface area (Å²) >= 11 is 0. The van der Waals surface area contributed by atoms with Crippen LogP contribution in [0.25, 0.3) is 21.8 Å². The van der Waals surface area contributed by atoms with Crippen molar-refractivity contribution in [1.82, 2.24) is 9.97 Å². The van der Waals surface area contributed by atoms with E-state index in [2.05, 4.69) is 9.97 Å². The third-order valence-corrected chi connectivity index (χ3v) is 3.48. The number of aromatic nitrogens is 2. The van der Waals surface area contributed by atoms with Crippen LogP contribution in [0.3, 0.4) is 0 Å².